The minimum atomic E-state index is -0.452. The Balaban J connectivity index is 2.22. The van der Waals surface area contributed by atoms with Gasteiger partial charge in [-0.1, -0.05) is 27.5 Å². The molecule has 1 aliphatic rings. The summed E-state index contributed by atoms with van der Waals surface area (Å²) in [6.07, 6.45) is 0.164. The van der Waals surface area contributed by atoms with Crippen molar-refractivity contribution >= 4 is 33.4 Å². The van der Waals surface area contributed by atoms with Crippen LogP contribution in [0.15, 0.2) is 22.7 Å². The van der Waals surface area contributed by atoms with E-state index in [0.29, 0.717) is 23.6 Å². The Kier molecular flexibility index (Phi) is 5.07. The predicted octanol–water partition coefficient (Wildman–Crippen LogP) is 2.24. The summed E-state index contributed by atoms with van der Waals surface area (Å²) in [5, 5.41) is 10.4. The van der Waals surface area contributed by atoms with E-state index in [0.717, 1.165) is 11.0 Å². The summed E-state index contributed by atoms with van der Waals surface area (Å²) in [7, 11) is 3.92. The number of amides is 1. The van der Waals surface area contributed by atoms with Gasteiger partial charge in [-0.05, 0) is 38.7 Å². The zero-order valence-electron chi connectivity index (χ0n) is 11.5. The minimum absolute atomic E-state index is 0.0326. The van der Waals surface area contributed by atoms with Gasteiger partial charge in [-0.25, -0.2) is 0 Å². The van der Waals surface area contributed by atoms with E-state index >= 15 is 0 Å². The van der Waals surface area contributed by atoms with E-state index in [1.807, 2.05) is 19.0 Å². The van der Waals surface area contributed by atoms with E-state index in [1.54, 1.807) is 23.1 Å². The fraction of sp³-hybridized carbons (Fsp3) is 0.500. The molecule has 1 amide bonds. The Labute approximate surface area is 132 Å². The van der Waals surface area contributed by atoms with Crippen LogP contribution in [0, 0.1) is 0 Å². The Morgan fingerprint density at radius 1 is 1.50 bits per heavy atom. The summed E-state index contributed by atoms with van der Waals surface area (Å²) in [6.45, 7) is 1.12. The predicted molar refractivity (Wildman–Crippen MR) is 83.2 cm³/mol. The van der Waals surface area contributed by atoms with Crippen molar-refractivity contribution in [3.05, 3.63) is 33.3 Å². The Morgan fingerprint density at radius 2 is 2.20 bits per heavy atom. The lowest BCUT2D eigenvalue weighted by Crippen LogP contribution is -2.41. The number of carbonyl (C=O) groups is 1. The first-order chi connectivity index (χ1) is 9.36. The second kappa shape index (κ2) is 6.43. The number of rotatable bonds is 3. The zero-order valence-corrected chi connectivity index (χ0v) is 13.9. The topological polar surface area (TPSA) is 43.8 Å². The first-order valence-corrected chi connectivity index (χ1v) is 7.63. The largest absolute Gasteiger partial charge is 0.391 e. The lowest BCUT2D eigenvalue weighted by Gasteiger charge is -2.27. The van der Waals surface area contributed by atoms with Gasteiger partial charge >= 0.3 is 0 Å². The number of β-amino-alcohol motifs (C(OH)–C–C–N with tert-alkyl or cyclic N) is 1. The van der Waals surface area contributed by atoms with Crippen molar-refractivity contribution in [2.75, 3.05) is 27.2 Å². The number of hydrogen-bond donors (Lipinski definition) is 1. The molecule has 20 heavy (non-hydrogen) atoms. The molecule has 0 radical (unpaired) electrons. The molecule has 1 heterocycles. The van der Waals surface area contributed by atoms with Crippen LogP contribution in [0.25, 0.3) is 0 Å². The van der Waals surface area contributed by atoms with E-state index in [9.17, 15) is 9.90 Å². The molecular weight excluding hydrogens is 344 g/mol. The number of nitrogens with zero attached hydrogens (tertiary/aromatic N) is 2. The van der Waals surface area contributed by atoms with Crippen LogP contribution in [0.4, 0.5) is 0 Å². The van der Waals surface area contributed by atoms with Crippen molar-refractivity contribution < 1.29 is 9.90 Å². The molecule has 1 fully saturated rings. The lowest BCUT2D eigenvalue weighted by molar-refractivity contribution is 0.0699. The van der Waals surface area contributed by atoms with Gasteiger partial charge in [0.15, 0.2) is 0 Å². The Morgan fingerprint density at radius 3 is 2.80 bits per heavy atom. The van der Waals surface area contributed by atoms with Crippen LogP contribution >= 0.6 is 27.5 Å². The van der Waals surface area contributed by atoms with Crippen LogP contribution in [-0.2, 0) is 0 Å². The third-order valence-electron chi connectivity index (χ3n) is 3.34. The number of halogens is 2. The van der Waals surface area contributed by atoms with Gasteiger partial charge < -0.3 is 14.9 Å². The number of aliphatic hydroxyl groups is 1. The highest BCUT2D eigenvalue weighted by molar-refractivity contribution is 9.10. The van der Waals surface area contributed by atoms with Crippen LogP contribution in [0.1, 0.15) is 16.8 Å². The van der Waals surface area contributed by atoms with Crippen molar-refractivity contribution in [3.63, 3.8) is 0 Å². The van der Waals surface area contributed by atoms with E-state index in [-0.39, 0.29) is 11.9 Å². The zero-order chi connectivity index (χ0) is 14.9. The summed E-state index contributed by atoms with van der Waals surface area (Å²) in [4.78, 5) is 16.4. The Hall–Kier alpha value is -0.620. The molecule has 2 unspecified atom stereocenters. The number of carbonyl (C=O) groups excluding carboxylic acids is 1. The van der Waals surface area contributed by atoms with Gasteiger partial charge in [0.25, 0.3) is 5.91 Å². The monoisotopic (exact) mass is 360 g/mol. The smallest absolute Gasteiger partial charge is 0.254 e. The molecule has 1 N–H and O–H groups in total. The average molecular weight is 362 g/mol. The van der Waals surface area contributed by atoms with Gasteiger partial charge in [-0.15, -0.1) is 0 Å². The van der Waals surface area contributed by atoms with Crippen LogP contribution < -0.4 is 0 Å². The molecule has 0 saturated carbocycles. The first-order valence-electron chi connectivity index (χ1n) is 6.46. The average Bonchev–Trinajstić information content (AvgIpc) is 2.67. The van der Waals surface area contributed by atoms with Crippen LogP contribution in [0.2, 0.25) is 5.02 Å². The number of benzene rings is 1. The molecule has 6 heteroatoms. The van der Waals surface area contributed by atoms with Gasteiger partial charge in [-0.2, -0.15) is 0 Å². The maximum atomic E-state index is 12.6. The SMILES string of the molecule is CN(C)CC1CC(O)CN1C(=O)c1cc(Cl)cc(Br)c1. The van der Waals surface area contributed by atoms with Gasteiger partial charge in [0.2, 0.25) is 0 Å². The summed E-state index contributed by atoms with van der Waals surface area (Å²) in [5.74, 6) is -0.0865. The fourth-order valence-electron chi connectivity index (χ4n) is 2.58. The first kappa shape index (κ1) is 15.8. The lowest BCUT2D eigenvalue weighted by atomic mass is 10.1. The molecule has 4 nitrogen and oxygen atoms in total. The molecule has 2 atom stereocenters. The minimum Gasteiger partial charge on any atom is -0.391 e. The number of likely N-dealkylation sites (N-methyl/N-ethyl adjacent to an activating group) is 1. The third-order valence-corrected chi connectivity index (χ3v) is 4.01. The van der Waals surface area contributed by atoms with E-state index in [1.165, 1.54) is 0 Å². The standard InChI is InChI=1S/C14H18BrClN2O2/c1-17(2)7-12-6-13(19)8-18(12)14(20)9-3-10(15)5-11(16)4-9/h3-5,12-13,19H,6-8H2,1-2H3. The summed E-state index contributed by atoms with van der Waals surface area (Å²) >= 11 is 9.34. The Bertz CT molecular complexity index is 490. The maximum absolute atomic E-state index is 12.6. The number of likely N-dealkylation sites (tertiary alicyclic amines) is 1. The van der Waals surface area contributed by atoms with Crippen molar-refractivity contribution in [2.45, 2.75) is 18.6 Å². The van der Waals surface area contributed by atoms with Crippen LogP contribution in [0.5, 0.6) is 0 Å². The van der Waals surface area contributed by atoms with Gasteiger partial charge in [-0.3, -0.25) is 4.79 Å². The molecule has 110 valence electrons. The highest BCUT2D eigenvalue weighted by Gasteiger charge is 2.35. The molecule has 1 aromatic carbocycles. The maximum Gasteiger partial charge on any atom is 0.254 e. The highest BCUT2D eigenvalue weighted by Crippen LogP contribution is 2.25. The molecule has 0 bridgehead atoms. The van der Waals surface area contributed by atoms with Crippen molar-refractivity contribution in [2.24, 2.45) is 0 Å². The molecule has 0 aliphatic carbocycles. The van der Waals surface area contributed by atoms with Gasteiger partial charge in [0.05, 0.1) is 6.10 Å². The van der Waals surface area contributed by atoms with Crippen molar-refractivity contribution in [3.8, 4) is 0 Å². The third kappa shape index (κ3) is 3.73. The number of aliphatic hydroxyl groups excluding tert-OH is 1. The molecule has 2 rings (SSSR count). The normalized spacial score (nSPS) is 22.6. The molecular formula is C14H18BrClN2O2. The second-order valence-corrected chi connectivity index (χ2v) is 6.77. The van der Waals surface area contributed by atoms with Gasteiger partial charge in [0.1, 0.15) is 0 Å². The van der Waals surface area contributed by atoms with E-state index in [2.05, 4.69) is 15.9 Å². The van der Waals surface area contributed by atoms with Crippen molar-refractivity contribution in [1.82, 2.24) is 9.80 Å². The highest BCUT2D eigenvalue weighted by atomic mass is 79.9. The van der Waals surface area contributed by atoms with Gasteiger partial charge in [0, 0.05) is 34.2 Å². The van der Waals surface area contributed by atoms with E-state index in [4.69, 9.17) is 11.6 Å². The molecule has 0 spiro atoms. The molecule has 1 aromatic rings. The summed E-state index contributed by atoms with van der Waals surface area (Å²) in [5.41, 5.74) is 0.544. The van der Waals surface area contributed by atoms with Crippen molar-refractivity contribution in [1.29, 1.82) is 0 Å². The fourth-order valence-corrected chi connectivity index (χ4v) is 3.44. The molecule has 1 saturated heterocycles. The van der Waals surface area contributed by atoms with Crippen LogP contribution in [-0.4, -0.2) is 60.1 Å². The quantitative estimate of drug-likeness (QED) is 0.898. The second-order valence-electron chi connectivity index (χ2n) is 5.42. The van der Waals surface area contributed by atoms with Crippen LogP contribution in [0.3, 0.4) is 0 Å². The summed E-state index contributed by atoms with van der Waals surface area (Å²) in [6, 6.07) is 5.19. The number of hydrogen-bond acceptors (Lipinski definition) is 3. The molecule has 1 aliphatic heterocycles. The van der Waals surface area contributed by atoms with E-state index < -0.39 is 6.10 Å². The summed E-state index contributed by atoms with van der Waals surface area (Å²) < 4.78 is 0.775. The molecule has 0 aromatic heterocycles.